The summed E-state index contributed by atoms with van der Waals surface area (Å²) in [6, 6.07) is 13.7. The van der Waals surface area contributed by atoms with E-state index in [1.165, 1.54) is 0 Å². The second kappa shape index (κ2) is 9.90. The van der Waals surface area contributed by atoms with Gasteiger partial charge in [0.05, 0.1) is 18.8 Å². The van der Waals surface area contributed by atoms with E-state index in [2.05, 4.69) is 31.9 Å². The normalized spacial score (nSPS) is 10.0. The minimum Gasteiger partial charge on any atom is -0.492 e. The number of amides is 3. The number of nitrogens with one attached hydrogen (secondary N) is 3. The lowest BCUT2D eigenvalue weighted by Gasteiger charge is -2.10. The molecular formula is C17H17BrClN3O3. The monoisotopic (exact) mass is 425 g/mol. The standard InChI is InChI=1S/C17H17BrClN3O3/c18-14-3-1-2-4-15(14)22-16(23)11-21-17(24)20-9-10-25-13-7-5-12(19)6-8-13/h1-8H,9-11H2,(H,22,23)(H2,20,21,24). The van der Waals surface area contributed by atoms with Crippen molar-refractivity contribution in [1.82, 2.24) is 10.6 Å². The Kier molecular flexibility index (Phi) is 7.56. The average Bonchev–Trinajstić information content (AvgIpc) is 2.60. The predicted molar refractivity (Wildman–Crippen MR) is 101 cm³/mol. The third kappa shape index (κ3) is 7.03. The maximum absolute atomic E-state index is 11.8. The van der Waals surface area contributed by atoms with Gasteiger partial charge in [-0.05, 0) is 52.3 Å². The third-order valence-corrected chi connectivity index (χ3v) is 3.97. The van der Waals surface area contributed by atoms with Crippen LogP contribution in [-0.4, -0.2) is 31.6 Å². The lowest BCUT2D eigenvalue weighted by atomic mass is 10.3. The molecule has 2 aromatic carbocycles. The minimum atomic E-state index is -0.443. The number of halogens is 2. The van der Waals surface area contributed by atoms with Gasteiger partial charge in [-0.2, -0.15) is 0 Å². The van der Waals surface area contributed by atoms with E-state index in [-0.39, 0.29) is 12.5 Å². The van der Waals surface area contributed by atoms with E-state index < -0.39 is 6.03 Å². The highest BCUT2D eigenvalue weighted by Crippen LogP contribution is 2.20. The van der Waals surface area contributed by atoms with Crippen LogP contribution in [0.4, 0.5) is 10.5 Å². The molecule has 0 aliphatic heterocycles. The summed E-state index contributed by atoms with van der Waals surface area (Å²) in [5, 5.41) is 8.41. The van der Waals surface area contributed by atoms with Crippen LogP contribution in [0.2, 0.25) is 5.02 Å². The van der Waals surface area contributed by atoms with Gasteiger partial charge in [-0.3, -0.25) is 4.79 Å². The van der Waals surface area contributed by atoms with Crippen LogP contribution in [-0.2, 0) is 4.79 Å². The summed E-state index contributed by atoms with van der Waals surface area (Å²) >= 11 is 9.11. The van der Waals surface area contributed by atoms with Crippen LogP contribution in [0.15, 0.2) is 53.0 Å². The minimum absolute atomic E-state index is 0.134. The van der Waals surface area contributed by atoms with Crippen LogP contribution in [0.3, 0.4) is 0 Å². The summed E-state index contributed by atoms with van der Waals surface area (Å²) in [4.78, 5) is 23.4. The second-order valence-electron chi connectivity index (χ2n) is 4.94. The first-order valence-electron chi connectivity index (χ1n) is 7.49. The molecule has 2 rings (SSSR count). The van der Waals surface area contributed by atoms with Gasteiger partial charge in [0, 0.05) is 9.50 Å². The number of para-hydroxylation sites is 1. The summed E-state index contributed by atoms with van der Waals surface area (Å²) in [5.74, 6) is 0.346. The number of carbonyl (C=O) groups is 2. The Hall–Kier alpha value is -2.25. The van der Waals surface area contributed by atoms with Gasteiger partial charge in [-0.15, -0.1) is 0 Å². The Labute approximate surface area is 159 Å². The molecular weight excluding hydrogens is 410 g/mol. The molecule has 25 heavy (non-hydrogen) atoms. The van der Waals surface area contributed by atoms with Gasteiger partial charge in [0.1, 0.15) is 12.4 Å². The molecule has 0 fully saturated rings. The van der Waals surface area contributed by atoms with Crippen LogP contribution >= 0.6 is 27.5 Å². The molecule has 0 aliphatic carbocycles. The summed E-state index contributed by atoms with van der Waals surface area (Å²) in [7, 11) is 0. The van der Waals surface area contributed by atoms with Gasteiger partial charge in [-0.25, -0.2) is 4.79 Å². The Balaban J connectivity index is 1.61. The highest BCUT2D eigenvalue weighted by atomic mass is 79.9. The van der Waals surface area contributed by atoms with Crippen LogP contribution < -0.4 is 20.7 Å². The number of rotatable bonds is 7. The molecule has 0 heterocycles. The number of hydrogen-bond acceptors (Lipinski definition) is 3. The van der Waals surface area contributed by atoms with Gasteiger partial charge >= 0.3 is 6.03 Å². The zero-order valence-corrected chi connectivity index (χ0v) is 15.6. The molecule has 8 heteroatoms. The van der Waals surface area contributed by atoms with Crippen LogP contribution in [0.25, 0.3) is 0 Å². The smallest absolute Gasteiger partial charge is 0.315 e. The molecule has 0 radical (unpaired) electrons. The molecule has 0 unspecified atom stereocenters. The van der Waals surface area contributed by atoms with Gasteiger partial charge < -0.3 is 20.7 Å². The second-order valence-corrected chi connectivity index (χ2v) is 6.23. The maximum Gasteiger partial charge on any atom is 0.315 e. The lowest BCUT2D eigenvalue weighted by molar-refractivity contribution is -0.115. The molecule has 0 spiro atoms. The lowest BCUT2D eigenvalue weighted by Crippen LogP contribution is -2.41. The number of urea groups is 1. The molecule has 0 aromatic heterocycles. The van der Waals surface area contributed by atoms with Crippen molar-refractivity contribution in [2.75, 3.05) is 25.0 Å². The van der Waals surface area contributed by atoms with Crippen molar-refractivity contribution >= 4 is 45.2 Å². The first kappa shape index (κ1) is 19.1. The predicted octanol–water partition coefficient (Wildman–Crippen LogP) is 3.42. The van der Waals surface area contributed by atoms with Gasteiger partial charge in [0.2, 0.25) is 5.91 Å². The van der Waals surface area contributed by atoms with Gasteiger partial charge in [0.15, 0.2) is 0 Å². The van der Waals surface area contributed by atoms with Crippen molar-refractivity contribution in [2.45, 2.75) is 0 Å². The molecule has 3 N–H and O–H groups in total. The van der Waals surface area contributed by atoms with Crippen molar-refractivity contribution in [2.24, 2.45) is 0 Å². The molecule has 0 saturated carbocycles. The van der Waals surface area contributed by atoms with E-state index in [4.69, 9.17) is 16.3 Å². The zero-order valence-electron chi connectivity index (χ0n) is 13.2. The summed E-state index contributed by atoms with van der Waals surface area (Å²) in [5.41, 5.74) is 0.645. The van der Waals surface area contributed by atoms with E-state index in [0.717, 1.165) is 4.47 Å². The molecule has 3 amide bonds. The van der Waals surface area contributed by atoms with Crippen LogP contribution in [0, 0.1) is 0 Å². The summed E-state index contributed by atoms with van der Waals surface area (Å²) in [6.07, 6.45) is 0. The molecule has 2 aromatic rings. The maximum atomic E-state index is 11.8. The third-order valence-electron chi connectivity index (χ3n) is 3.03. The number of benzene rings is 2. The Bertz CT molecular complexity index is 725. The van der Waals surface area contributed by atoms with Crippen LogP contribution in [0.1, 0.15) is 0 Å². The van der Waals surface area contributed by atoms with Crippen molar-refractivity contribution in [3.8, 4) is 5.75 Å². The van der Waals surface area contributed by atoms with Crippen molar-refractivity contribution in [1.29, 1.82) is 0 Å². The van der Waals surface area contributed by atoms with Crippen LogP contribution in [0.5, 0.6) is 5.75 Å². The molecule has 0 bridgehead atoms. The molecule has 0 aliphatic rings. The number of ether oxygens (including phenoxy) is 1. The SMILES string of the molecule is O=C(CNC(=O)NCCOc1ccc(Cl)cc1)Nc1ccccc1Br. The Morgan fingerprint density at radius 2 is 1.76 bits per heavy atom. The summed E-state index contributed by atoms with van der Waals surface area (Å²) in [6.45, 7) is 0.476. The molecule has 6 nitrogen and oxygen atoms in total. The highest BCUT2D eigenvalue weighted by molar-refractivity contribution is 9.10. The summed E-state index contributed by atoms with van der Waals surface area (Å²) < 4.78 is 6.21. The highest BCUT2D eigenvalue weighted by Gasteiger charge is 2.07. The van der Waals surface area contributed by atoms with Gasteiger partial charge in [-0.1, -0.05) is 23.7 Å². The Morgan fingerprint density at radius 3 is 2.48 bits per heavy atom. The van der Waals surface area contributed by atoms with Gasteiger partial charge in [0.25, 0.3) is 0 Å². The van der Waals surface area contributed by atoms with E-state index in [9.17, 15) is 9.59 Å². The van der Waals surface area contributed by atoms with Crippen molar-refractivity contribution in [3.05, 3.63) is 58.0 Å². The molecule has 0 atom stereocenters. The quantitative estimate of drug-likeness (QED) is 0.594. The van der Waals surface area contributed by atoms with E-state index in [1.54, 1.807) is 36.4 Å². The first-order chi connectivity index (χ1) is 12.0. The van der Waals surface area contributed by atoms with Crippen molar-refractivity contribution < 1.29 is 14.3 Å². The largest absolute Gasteiger partial charge is 0.492 e. The zero-order chi connectivity index (χ0) is 18.1. The fraction of sp³-hybridized carbons (Fsp3) is 0.176. The van der Waals surface area contributed by atoms with E-state index in [0.29, 0.717) is 29.6 Å². The fourth-order valence-electron chi connectivity index (χ4n) is 1.84. The van der Waals surface area contributed by atoms with E-state index >= 15 is 0 Å². The molecule has 132 valence electrons. The number of carbonyl (C=O) groups excluding carboxylic acids is 2. The number of hydrogen-bond donors (Lipinski definition) is 3. The molecule has 0 saturated heterocycles. The average molecular weight is 427 g/mol. The first-order valence-corrected chi connectivity index (χ1v) is 8.66. The Morgan fingerprint density at radius 1 is 1.04 bits per heavy atom. The topological polar surface area (TPSA) is 79.5 Å². The van der Waals surface area contributed by atoms with Crippen molar-refractivity contribution in [3.63, 3.8) is 0 Å². The number of anilines is 1. The van der Waals surface area contributed by atoms with E-state index in [1.807, 2.05) is 12.1 Å². The fourth-order valence-corrected chi connectivity index (χ4v) is 2.35.